The lowest BCUT2D eigenvalue weighted by atomic mass is 9.84. The highest BCUT2D eigenvalue weighted by molar-refractivity contribution is 5.97. The fourth-order valence-electron chi connectivity index (χ4n) is 3.36. The van der Waals surface area contributed by atoms with Crippen LogP contribution in [0.2, 0.25) is 0 Å². The van der Waals surface area contributed by atoms with E-state index >= 15 is 0 Å². The van der Waals surface area contributed by atoms with E-state index in [-0.39, 0.29) is 11.9 Å². The monoisotopic (exact) mass is 290 g/mol. The van der Waals surface area contributed by atoms with Gasteiger partial charge in [-0.2, -0.15) is 0 Å². The van der Waals surface area contributed by atoms with Crippen LogP contribution >= 0.6 is 0 Å². The Labute approximate surface area is 125 Å². The third kappa shape index (κ3) is 2.83. The first-order valence-electron chi connectivity index (χ1n) is 7.46. The number of rotatable bonds is 4. The number of ether oxygens (including phenoxy) is 2. The van der Waals surface area contributed by atoms with E-state index in [1.807, 2.05) is 0 Å². The van der Waals surface area contributed by atoms with Gasteiger partial charge >= 0.3 is 0 Å². The number of nitrogens with one attached hydrogen (secondary N) is 1. The molecule has 5 heteroatoms. The van der Waals surface area contributed by atoms with Crippen molar-refractivity contribution in [1.82, 2.24) is 10.2 Å². The molecular formula is C16H22N2O3. The van der Waals surface area contributed by atoms with Gasteiger partial charge in [0.1, 0.15) is 11.5 Å². The molecule has 0 saturated carbocycles. The second-order valence-corrected chi connectivity index (χ2v) is 5.78. The molecule has 1 aromatic rings. The number of methoxy groups -OCH3 is 2. The van der Waals surface area contributed by atoms with Gasteiger partial charge in [-0.25, -0.2) is 0 Å². The van der Waals surface area contributed by atoms with Crippen molar-refractivity contribution >= 4 is 5.91 Å². The van der Waals surface area contributed by atoms with E-state index < -0.39 is 0 Å². The van der Waals surface area contributed by atoms with Crippen LogP contribution in [-0.4, -0.2) is 50.7 Å². The van der Waals surface area contributed by atoms with Crippen molar-refractivity contribution in [3.05, 3.63) is 23.8 Å². The molecule has 4 rings (SSSR count). The molecule has 3 aliphatic heterocycles. The summed E-state index contributed by atoms with van der Waals surface area (Å²) in [5, 5.41) is 3.18. The van der Waals surface area contributed by atoms with Crippen molar-refractivity contribution in [3.63, 3.8) is 0 Å². The first-order chi connectivity index (χ1) is 10.2. The van der Waals surface area contributed by atoms with E-state index in [2.05, 4.69) is 10.2 Å². The quantitative estimate of drug-likeness (QED) is 0.913. The summed E-state index contributed by atoms with van der Waals surface area (Å²) in [5.41, 5.74) is 0.565. The van der Waals surface area contributed by atoms with Crippen LogP contribution in [-0.2, 0) is 0 Å². The average Bonchev–Trinajstić information content (AvgIpc) is 2.55. The summed E-state index contributed by atoms with van der Waals surface area (Å²) in [6, 6.07) is 5.54. The number of nitrogens with zero attached hydrogens (tertiary/aromatic N) is 1. The molecule has 3 heterocycles. The molecule has 0 unspecified atom stereocenters. The molecule has 114 valence electrons. The lowest BCUT2D eigenvalue weighted by Gasteiger charge is -2.44. The molecule has 1 amide bonds. The Morgan fingerprint density at radius 1 is 1.24 bits per heavy atom. The Morgan fingerprint density at radius 3 is 2.57 bits per heavy atom. The maximum atomic E-state index is 12.5. The molecule has 1 N–H and O–H groups in total. The molecule has 0 aromatic heterocycles. The van der Waals surface area contributed by atoms with Crippen LogP contribution in [0.1, 0.15) is 23.2 Å². The van der Waals surface area contributed by atoms with E-state index in [0.717, 1.165) is 6.54 Å². The highest BCUT2D eigenvalue weighted by atomic mass is 16.5. The van der Waals surface area contributed by atoms with Crippen LogP contribution in [0.25, 0.3) is 0 Å². The number of hydrogen-bond donors (Lipinski definition) is 1. The summed E-state index contributed by atoms with van der Waals surface area (Å²) >= 11 is 0. The lowest BCUT2D eigenvalue weighted by Crippen LogP contribution is -2.57. The molecule has 3 fully saturated rings. The van der Waals surface area contributed by atoms with Gasteiger partial charge in [0.15, 0.2) is 0 Å². The molecule has 3 aliphatic rings. The maximum absolute atomic E-state index is 12.5. The van der Waals surface area contributed by atoms with E-state index in [0.29, 0.717) is 23.0 Å². The number of amides is 1. The predicted molar refractivity (Wildman–Crippen MR) is 80.0 cm³/mol. The molecule has 0 aliphatic carbocycles. The minimum atomic E-state index is -0.0618. The molecule has 0 radical (unpaired) electrons. The van der Waals surface area contributed by atoms with Gasteiger partial charge in [-0.1, -0.05) is 0 Å². The van der Waals surface area contributed by atoms with Crippen molar-refractivity contribution in [3.8, 4) is 11.5 Å². The van der Waals surface area contributed by atoms with Crippen LogP contribution < -0.4 is 14.8 Å². The Hall–Kier alpha value is -1.75. The van der Waals surface area contributed by atoms with Crippen molar-refractivity contribution < 1.29 is 14.3 Å². The van der Waals surface area contributed by atoms with Gasteiger partial charge in [-0.15, -0.1) is 0 Å². The summed E-state index contributed by atoms with van der Waals surface area (Å²) in [5.74, 6) is 1.79. The molecule has 2 bridgehead atoms. The molecule has 21 heavy (non-hydrogen) atoms. The van der Waals surface area contributed by atoms with Gasteiger partial charge in [0, 0.05) is 18.7 Å². The minimum absolute atomic E-state index is 0.0618. The summed E-state index contributed by atoms with van der Waals surface area (Å²) in [4.78, 5) is 14.9. The molecule has 3 saturated heterocycles. The molecule has 0 spiro atoms. The third-order valence-electron chi connectivity index (χ3n) is 4.63. The number of benzene rings is 1. The Bertz CT molecular complexity index is 524. The second-order valence-electron chi connectivity index (χ2n) is 5.78. The average molecular weight is 290 g/mol. The van der Waals surface area contributed by atoms with Gasteiger partial charge < -0.3 is 19.7 Å². The standard InChI is InChI=1S/C16H22N2O3/c1-20-12-3-4-13(15(9-12)21-2)16(19)17-14-10-18-7-5-11(14)6-8-18/h3-4,9,11,14H,5-8,10H2,1-2H3,(H,17,19)/t14-/m0/s1. The lowest BCUT2D eigenvalue weighted by molar-refractivity contribution is 0.0619. The Kier molecular flexibility index (Phi) is 4.01. The molecule has 1 atom stereocenters. The van der Waals surface area contributed by atoms with Gasteiger partial charge in [-0.3, -0.25) is 4.79 Å². The zero-order chi connectivity index (χ0) is 14.8. The highest BCUT2D eigenvalue weighted by Crippen LogP contribution is 2.29. The van der Waals surface area contributed by atoms with E-state index in [4.69, 9.17) is 9.47 Å². The number of fused-ring (bicyclic) bond motifs is 3. The zero-order valence-corrected chi connectivity index (χ0v) is 12.6. The SMILES string of the molecule is COc1ccc(C(=O)N[C@H]2CN3CCC2CC3)c(OC)c1. The maximum Gasteiger partial charge on any atom is 0.255 e. The van der Waals surface area contributed by atoms with Gasteiger partial charge in [0.25, 0.3) is 5.91 Å². The summed E-state index contributed by atoms with van der Waals surface area (Å²) < 4.78 is 10.5. The Balaban J connectivity index is 1.73. The van der Waals surface area contributed by atoms with Gasteiger partial charge in [0.2, 0.25) is 0 Å². The van der Waals surface area contributed by atoms with Crippen molar-refractivity contribution in [2.75, 3.05) is 33.9 Å². The van der Waals surface area contributed by atoms with Crippen molar-refractivity contribution in [2.24, 2.45) is 5.92 Å². The van der Waals surface area contributed by atoms with Crippen LogP contribution in [0.3, 0.4) is 0 Å². The van der Waals surface area contributed by atoms with Crippen LogP contribution in [0.5, 0.6) is 11.5 Å². The summed E-state index contributed by atoms with van der Waals surface area (Å²) in [6.45, 7) is 3.31. The predicted octanol–water partition coefficient (Wildman–Crippen LogP) is 1.53. The molecular weight excluding hydrogens is 268 g/mol. The summed E-state index contributed by atoms with van der Waals surface area (Å²) in [6.07, 6.45) is 2.37. The van der Waals surface area contributed by atoms with Crippen molar-refractivity contribution in [1.29, 1.82) is 0 Å². The van der Waals surface area contributed by atoms with E-state index in [1.54, 1.807) is 32.4 Å². The molecule has 1 aromatic carbocycles. The second kappa shape index (κ2) is 5.93. The van der Waals surface area contributed by atoms with Crippen LogP contribution in [0.15, 0.2) is 18.2 Å². The topological polar surface area (TPSA) is 50.8 Å². The largest absolute Gasteiger partial charge is 0.497 e. The normalized spacial score (nSPS) is 27.2. The number of hydrogen-bond acceptors (Lipinski definition) is 4. The smallest absolute Gasteiger partial charge is 0.255 e. The number of carbonyl (C=O) groups is 1. The van der Waals surface area contributed by atoms with Crippen LogP contribution in [0, 0.1) is 5.92 Å². The van der Waals surface area contributed by atoms with Gasteiger partial charge in [-0.05, 0) is 44.0 Å². The first kappa shape index (κ1) is 14.2. The molecule has 5 nitrogen and oxygen atoms in total. The van der Waals surface area contributed by atoms with E-state index in [9.17, 15) is 4.79 Å². The number of piperidine rings is 3. The van der Waals surface area contributed by atoms with Gasteiger partial charge in [0.05, 0.1) is 19.8 Å². The highest BCUT2D eigenvalue weighted by Gasteiger charge is 2.35. The third-order valence-corrected chi connectivity index (χ3v) is 4.63. The fraction of sp³-hybridized carbons (Fsp3) is 0.562. The minimum Gasteiger partial charge on any atom is -0.497 e. The summed E-state index contributed by atoms with van der Waals surface area (Å²) in [7, 11) is 3.17. The van der Waals surface area contributed by atoms with E-state index in [1.165, 1.54) is 25.9 Å². The van der Waals surface area contributed by atoms with Crippen LogP contribution in [0.4, 0.5) is 0 Å². The van der Waals surface area contributed by atoms with Crippen molar-refractivity contribution in [2.45, 2.75) is 18.9 Å². The Morgan fingerprint density at radius 2 is 2.00 bits per heavy atom. The fourth-order valence-corrected chi connectivity index (χ4v) is 3.36. The zero-order valence-electron chi connectivity index (χ0n) is 12.6. The first-order valence-corrected chi connectivity index (χ1v) is 7.46. The number of carbonyl (C=O) groups excluding carboxylic acids is 1.